The van der Waals surface area contributed by atoms with Crippen LogP contribution in [0.2, 0.25) is 0 Å². The third kappa shape index (κ3) is 4.92. The Bertz CT molecular complexity index is 1260. The summed E-state index contributed by atoms with van der Waals surface area (Å²) in [4.78, 5) is 31.9. The minimum absolute atomic E-state index is 0.0542. The van der Waals surface area contributed by atoms with Gasteiger partial charge >= 0.3 is 5.97 Å². The second-order valence-corrected chi connectivity index (χ2v) is 9.07. The van der Waals surface area contributed by atoms with Crippen molar-refractivity contribution in [3.05, 3.63) is 58.8 Å². The molecular weight excluding hydrogens is 474 g/mol. The van der Waals surface area contributed by atoms with Crippen molar-refractivity contribution in [3.63, 3.8) is 0 Å². The van der Waals surface area contributed by atoms with Gasteiger partial charge in [-0.1, -0.05) is 6.07 Å². The number of aliphatic imine (C=N–C) groups is 1. The van der Waals surface area contributed by atoms with E-state index in [2.05, 4.69) is 0 Å². The van der Waals surface area contributed by atoms with E-state index < -0.39 is 17.8 Å². The molecule has 8 heteroatoms. The third-order valence-corrected chi connectivity index (χ3v) is 7.08. The standard InChI is InChI=1S/C29H33NO7/c1-7-37-29(32)26-16(2)30-21-12-18(17-8-10-24(35-5)25(14-17)36-6)13-22(31)28(21)27(26)20-15-19(33-3)9-11-23(20)34-4/h8-11,14-15,18,26-27H,7,12-13H2,1-6H3/t18-,26?,27-/m1/s1. The number of ketones is 1. The van der Waals surface area contributed by atoms with Crippen LogP contribution < -0.4 is 18.9 Å². The topological polar surface area (TPSA) is 92.7 Å². The highest BCUT2D eigenvalue weighted by atomic mass is 16.5. The van der Waals surface area contributed by atoms with E-state index in [1.807, 2.05) is 31.2 Å². The van der Waals surface area contributed by atoms with Gasteiger partial charge in [0.15, 0.2) is 17.3 Å². The Morgan fingerprint density at radius 2 is 1.62 bits per heavy atom. The molecule has 0 spiro atoms. The van der Waals surface area contributed by atoms with Crippen molar-refractivity contribution in [1.29, 1.82) is 0 Å². The molecule has 8 nitrogen and oxygen atoms in total. The van der Waals surface area contributed by atoms with Gasteiger partial charge in [0, 0.05) is 34.9 Å². The SMILES string of the molecule is CCOC(=O)C1C(C)=NC2=C(C(=O)C[C@H](c3ccc(OC)c(OC)c3)C2)[C@@H]1c1cc(OC)ccc1OC. The summed E-state index contributed by atoms with van der Waals surface area (Å²) in [6.07, 6.45) is 0.827. The number of esters is 1. The molecule has 37 heavy (non-hydrogen) atoms. The van der Waals surface area contributed by atoms with E-state index in [1.54, 1.807) is 47.5 Å². The Labute approximate surface area is 217 Å². The first-order valence-corrected chi connectivity index (χ1v) is 12.3. The maximum absolute atomic E-state index is 13.9. The average Bonchev–Trinajstić information content (AvgIpc) is 2.91. The summed E-state index contributed by atoms with van der Waals surface area (Å²) in [7, 11) is 6.32. The molecule has 0 saturated carbocycles. The molecule has 1 aliphatic heterocycles. The smallest absolute Gasteiger partial charge is 0.315 e. The molecule has 0 saturated heterocycles. The van der Waals surface area contributed by atoms with Crippen LogP contribution >= 0.6 is 0 Å². The molecule has 1 heterocycles. The number of carbonyl (C=O) groups is 2. The first-order valence-electron chi connectivity index (χ1n) is 12.3. The predicted octanol–water partition coefficient (Wildman–Crippen LogP) is 4.86. The fraction of sp³-hybridized carbons (Fsp3) is 0.414. The molecule has 0 fully saturated rings. The van der Waals surface area contributed by atoms with Gasteiger partial charge in [0.05, 0.1) is 35.0 Å². The molecule has 0 aromatic heterocycles. The second kappa shape index (κ2) is 11.1. The largest absolute Gasteiger partial charge is 0.497 e. The van der Waals surface area contributed by atoms with Gasteiger partial charge in [0.2, 0.25) is 0 Å². The molecule has 2 aliphatic rings. The summed E-state index contributed by atoms with van der Waals surface area (Å²) in [6.45, 7) is 3.81. The van der Waals surface area contributed by atoms with Crippen LogP contribution in [0.25, 0.3) is 0 Å². The molecule has 4 rings (SSSR count). The first kappa shape index (κ1) is 26.3. The number of Topliss-reactive ketones (excluding diaryl/α,β-unsaturated/α-hetero) is 1. The van der Waals surface area contributed by atoms with Crippen molar-refractivity contribution < 1.29 is 33.3 Å². The van der Waals surface area contributed by atoms with E-state index in [4.69, 9.17) is 28.7 Å². The Morgan fingerprint density at radius 3 is 2.27 bits per heavy atom. The van der Waals surface area contributed by atoms with Crippen LogP contribution in [0.1, 0.15) is 49.7 Å². The summed E-state index contributed by atoms with van der Waals surface area (Å²) in [6, 6.07) is 11.1. The molecular formula is C29H33NO7. The molecule has 1 unspecified atom stereocenters. The number of hydrogen-bond donors (Lipinski definition) is 0. The Kier molecular flexibility index (Phi) is 7.86. The molecule has 2 aromatic carbocycles. The van der Waals surface area contributed by atoms with E-state index in [0.29, 0.717) is 52.0 Å². The number of rotatable bonds is 8. The fourth-order valence-electron chi connectivity index (χ4n) is 5.36. The summed E-state index contributed by atoms with van der Waals surface area (Å²) < 4.78 is 27.4. The van der Waals surface area contributed by atoms with Gasteiger partial charge in [0.25, 0.3) is 0 Å². The molecule has 0 amide bonds. The number of carbonyl (C=O) groups excluding carboxylic acids is 2. The number of ether oxygens (including phenoxy) is 5. The Balaban J connectivity index is 1.84. The van der Waals surface area contributed by atoms with Crippen molar-refractivity contribution in [3.8, 4) is 23.0 Å². The monoisotopic (exact) mass is 507 g/mol. The zero-order valence-electron chi connectivity index (χ0n) is 22.1. The van der Waals surface area contributed by atoms with Crippen LogP contribution in [0.3, 0.4) is 0 Å². The van der Waals surface area contributed by atoms with Gasteiger partial charge in [-0.2, -0.15) is 0 Å². The second-order valence-electron chi connectivity index (χ2n) is 9.07. The lowest BCUT2D eigenvalue weighted by atomic mass is 9.69. The maximum atomic E-state index is 13.9. The van der Waals surface area contributed by atoms with E-state index in [9.17, 15) is 9.59 Å². The number of allylic oxidation sites excluding steroid dienone is 2. The number of methoxy groups -OCH3 is 4. The van der Waals surface area contributed by atoms with Gasteiger partial charge in [0.1, 0.15) is 17.4 Å². The first-order chi connectivity index (χ1) is 17.9. The van der Waals surface area contributed by atoms with Gasteiger partial charge in [-0.05, 0) is 62.1 Å². The summed E-state index contributed by atoms with van der Waals surface area (Å²) in [5.41, 5.74) is 3.48. The van der Waals surface area contributed by atoms with Crippen molar-refractivity contribution in [1.82, 2.24) is 0 Å². The summed E-state index contributed by atoms with van der Waals surface area (Å²) in [5.74, 6) is 0.496. The highest BCUT2D eigenvalue weighted by Crippen LogP contribution is 2.49. The Morgan fingerprint density at radius 1 is 0.919 bits per heavy atom. The lowest BCUT2D eigenvalue weighted by Gasteiger charge is -2.37. The van der Waals surface area contributed by atoms with Gasteiger partial charge in [-0.15, -0.1) is 0 Å². The lowest BCUT2D eigenvalue weighted by Crippen LogP contribution is -2.38. The minimum Gasteiger partial charge on any atom is -0.497 e. The van der Waals surface area contributed by atoms with Crippen molar-refractivity contribution in [2.75, 3.05) is 35.0 Å². The molecule has 2 aromatic rings. The molecule has 196 valence electrons. The van der Waals surface area contributed by atoms with Crippen LogP contribution in [-0.2, 0) is 14.3 Å². The van der Waals surface area contributed by atoms with Gasteiger partial charge in [-0.3, -0.25) is 14.6 Å². The van der Waals surface area contributed by atoms with E-state index in [1.165, 1.54) is 0 Å². The number of nitrogens with zero attached hydrogens (tertiary/aromatic N) is 1. The van der Waals surface area contributed by atoms with Crippen LogP contribution in [-0.4, -0.2) is 52.5 Å². The third-order valence-electron chi connectivity index (χ3n) is 7.08. The zero-order valence-corrected chi connectivity index (χ0v) is 22.1. The van der Waals surface area contributed by atoms with Crippen molar-refractivity contribution in [2.24, 2.45) is 10.9 Å². The highest BCUT2D eigenvalue weighted by Gasteiger charge is 2.46. The summed E-state index contributed by atoms with van der Waals surface area (Å²) >= 11 is 0. The van der Waals surface area contributed by atoms with Crippen molar-refractivity contribution >= 4 is 17.5 Å². The highest BCUT2D eigenvalue weighted by molar-refractivity contribution is 6.09. The van der Waals surface area contributed by atoms with Crippen molar-refractivity contribution in [2.45, 2.75) is 38.5 Å². The predicted molar refractivity (Wildman–Crippen MR) is 139 cm³/mol. The molecule has 3 atom stereocenters. The van der Waals surface area contributed by atoms with Crippen LogP contribution in [0.5, 0.6) is 23.0 Å². The van der Waals surface area contributed by atoms with Crippen LogP contribution in [0.4, 0.5) is 0 Å². The maximum Gasteiger partial charge on any atom is 0.315 e. The van der Waals surface area contributed by atoms with E-state index in [-0.39, 0.29) is 24.7 Å². The van der Waals surface area contributed by atoms with E-state index >= 15 is 0 Å². The molecule has 0 radical (unpaired) electrons. The van der Waals surface area contributed by atoms with Crippen LogP contribution in [0, 0.1) is 5.92 Å². The molecule has 0 bridgehead atoms. The molecule has 0 N–H and O–H groups in total. The van der Waals surface area contributed by atoms with E-state index in [0.717, 1.165) is 5.56 Å². The quantitative estimate of drug-likeness (QED) is 0.471. The van der Waals surface area contributed by atoms with Gasteiger partial charge < -0.3 is 23.7 Å². The molecule has 1 aliphatic carbocycles. The minimum atomic E-state index is -0.749. The summed E-state index contributed by atoms with van der Waals surface area (Å²) in [5, 5.41) is 0. The zero-order chi connectivity index (χ0) is 26.7. The number of benzene rings is 2. The fourth-order valence-corrected chi connectivity index (χ4v) is 5.36. The normalized spacial score (nSPS) is 21.1. The lowest BCUT2D eigenvalue weighted by molar-refractivity contribution is -0.146. The Hall–Kier alpha value is -3.81. The van der Waals surface area contributed by atoms with Crippen LogP contribution in [0.15, 0.2) is 52.7 Å². The number of hydrogen-bond acceptors (Lipinski definition) is 8. The average molecular weight is 508 g/mol. The van der Waals surface area contributed by atoms with Gasteiger partial charge in [-0.25, -0.2) is 0 Å².